The number of nitrogens with zero attached hydrogens (tertiary/aromatic N) is 2. The molecule has 0 aliphatic heterocycles. The predicted octanol–water partition coefficient (Wildman–Crippen LogP) is 6.24. The molecule has 0 spiro atoms. The minimum atomic E-state index is -0.763. The lowest BCUT2D eigenvalue weighted by molar-refractivity contribution is -0.147. The van der Waals surface area contributed by atoms with Gasteiger partial charge < -0.3 is 9.84 Å². The first-order chi connectivity index (χ1) is 15.6. The van der Waals surface area contributed by atoms with Crippen LogP contribution in [0.1, 0.15) is 23.4 Å². The average Bonchev–Trinajstić information content (AvgIpc) is 3.09. The number of carbonyl (C=O) groups is 1. The van der Waals surface area contributed by atoms with Crippen LogP contribution in [-0.4, -0.2) is 28.5 Å². The maximum absolute atomic E-state index is 12.8. The zero-order valence-corrected chi connectivity index (χ0v) is 19.1. The highest BCUT2D eigenvalue weighted by atomic mass is 32.1. The fourth-order valence-electron chi connectivity index (χ4n) is 3.56. The number of carbonyl (C=O) groups excluding carboxylic acids is 1. The molecule has 1 heterocycles. The molecule has 0 radical (unpaired) electrons. The molecule has 0 aliphatic rings. The molecule has 32 heavy (non-hydrogen) atoms. The molecule has 4 aromatic rings. The molecule has 5 nitrogen and oxygen atoms in total. The molecular weight excluding hydrogens is 440 g/mol. The number of esters is 1. The predicted molar refractivity (Wildman–Crippen MR) is 132 cm³/mol. The van der Waals surface area contributed by atoms with Crippen molar-refractivity contribution in [1.29, 1.82) is 0 Å². The Hall–Kier alpha value is -3.29. The van der Waals surface area contributed by atoms with E-state index in [-0.39, 0.29) is 12.5 Å². The van der Waals surface area contributed by atoms with Crippen LogP contribution in [0.3, 0.4) is 0 Å². The molecule has 4 rings (SSSR count). The van der Waals surface area contributed by atoms with Gasteiger partial charge in [-0.2, -0.15) is 0 Å². The van der Waals surface area contributed by atoms with E-state index in [2.05, 4.69) is 4.99 Å². The Morgan fingerprint density at radius 2 is 1.84 bits per heavy atom. The fraction of sp³-hybridized carbons (Fsp3) is 0.160. The smallest absolute Gasteiger partial charge is 0.329 e. The highest BCUT2D eigenvalue weighted by Crippen LogP contribution is 2.32. The SMILES string of the molecule is CCOC(=O)[C@H](Cc1ccccc1)n1c(O)c(C=Nc2cccc3ccccc23)sc1=S. The maximum atomic E-state index is 12.8. The Labute approximate surface area is 195 Å². The number of aromatic hydroxyl groups is 1. The largest absolute Gasteiger partial charge is 0.493 e. The van der Waals surface area contributed by atoms with E-state index >= 15 is 0 Å². The lowest BCUT2D eigenvalue weighted by atomic mass is 10.1. The number of hydrogen-bond acceptors (Lipinski definition) is 6. The third-order valence-corrected chi connectivity index (χ3v) is 6.40. The van der Waals surface area contributed by atoms with E-state index in [9.17, 15) is 9.90 Å². The molecule has 0 amide bonds. The number of aromatic nitrogens is 1. The first-order valence-electron chi connectivity index (χ1n) is 10.2. The summed E-state index contributed by atoms with van der Waals surface area (Å²) in [6.45, 7) is 2.00. The second-order valence-electron chi connectivity index (χ2n) is 7.14. The molecular formula is C25H22N2O3S2. The normalized spacial score (nSPS) is 12.3. The van der Waals surface area contributed by atoms with Crippen LogP contribution in [0.2, 0.25) is 0 Å². The number of thiazole rings is 1. The number of fused-ring (bicyclic) bond motifs is 1. The number of hydrogen-bond donors (Lipinski definition) is 1. The van der Waals surface area contributed by atoms with Crippen molar-refractivity contribution in [2.24, 2.45) is 4.99 Å². The summed E-state index contributed by atoms with van der Waals surface area (Å²) in [7, 11) is 0. The van der Waals surface area contributed by atoms with Crippen LogP contribution in [0.15, 0.2) is 77.8 Å². The van der Waals surface area contributed by atoms with Gasteiger partial charge in [-0.25, -0.2) is 4.79 Å². The lowest BCUT2D eigenvalue weighted by Crippen LogP contribution is -2.24. The van der Waals surface area contributed by atoms with Gasteiger partial charge in [0.1, 0.15) is 10.9 Å². The van der Waals surface area contributed by atoms with E-state index in [1.54, 1.807) is 13.1 Å². The standard InChI is InChI=1S/C25H22N2O3S2/c1-2-30-24(29)21(15-17-9-4-3-5-10-17)27-23(28)22(32-25(27)31)16-26-20-14-8-12-18-11-6-7-13-19(18)20/h3-14,16,21,28H,2,15H2,1H3/t21-/m0/s1. The molecule has 0 bridgehead atoms. The van der Waals surface area contributed by atoms with E-state index in [4.69, 9.17) is 17.0 Å². The van der Waals surface area contributed by atoms with Crippen LogP contribution < -0.4 is 0 Å². The molecule has 162 valence electrons. The molecule has 3 aromatic carbocycles. The molecule has 1 atom stereocenters. The van der Waals surface area contributed by atoms with Crippen LogP contribution in [-0.2, 0) is 16.0 Å². The monoisotopic (exact) mass is 462 g/mol. The van der Waals surface area contributed by atoms with Gasteiger partial charge in [-0.15, -0.1) is 0 Å². The quantitative estimate of drug-likeness (QED) is 0.201. The van der Waals surface area contributed by atoms with Crippen molar-refractivity contribution in [2.45, 2.75) is 19.4 Å². The van der Waals surface area contributed by atoms with Gasteiger partial charge in [0.25, 0.3) is 0 Å². The van der Waals surface area contributed by atoms with Gasteiger partial charge in [0.2, 0.25) is 5.88 Å². The third kappa shape index (κ3) is 4.64. The number of aliphatic imine (C=N–C) groups is 1. The Balaban J connectivity index is 1.71. The van der Waals surface area contributed by atoms with Crippen LogP contribution in [0.5, 0.6) is 5.88 Å². The van der Waals surface area contributed by atoms with E-state index in [1.807, 2.05) is 72.8 Å². The van der Waals surface area contributed by atoms with Gasteiger partial charge >= 0.3 is 5.97 Å². The molecule has 0 fully saturated rings. The number of ether oxygens (including phenoxy) is 1. The maximum Gasteiger partial charge on any atom is 0.329 e. The molecule has 0 unspecified atom stereocenters. The summed E-state index contributed by atoms with van der Waals surface area (Å²) >= 11 is 6.73. The van der Waals surface area contributed by atoms with Crippen molar-refractivity contribution >= 4 is 52.2 Å². The van der Waals surface area contributed by atoms with Gasteiger partial charge in [0, 0.05) is 11.8 Å². The molecule has 1 N–H and O–H groups in total. The van der Waals surface area contributed by atoms with Crippen LogP contribution in [0.25, 0.3) is 10.8 Å². The summed E-state index contributed by atoms with van der Waals surface area (Å²) in [6.07, 6.45) is 1.96. The minimum absolute atomic E-state index is 0.0852. The summed E-state index contributed by atoms with van der Waals surface area (Å²) in [5.74, 6) is -0.518. The molecule has 0 saturated heterocycles. The highest BCUT2D eigenvalue weighted by molar-refractivity contribution is 7.73. The Bertz CT molecular complexity index is 1320. The zero-order chi connectivity index (χ0) is 22.5. The van der Waals surface area contributed by atoms with Gasteiger partial charge in [-0.05, 0) is 36.2 Å². The average molecular weight is 463 g/mol. The lowest BCUT2D eigenvalue weighted by Gasteiger charge is -2.18. The van der Waals surface area contributed by atoms with E-state index in [0.29, 0.717) is 15.3 Å². The summed E-state index contributed by atoms with van der Waals surface area (Å²) in [6, 6.07) is 22.7. The van der Waals surface area contributed by atoms with Crippen molar-refractivity contribution in [3.63, 3.8) is 0 Å². The van der Waals surface area contributed by atoms with Gasteiger partial charge in [-0.3, -0.25) is 9.56 Å². The van der Waals surface area contributed by atoms with Crippen LogP contribution >= 0.6 is 23.6 Å². The second kappa shape index (κ2) is 9.89. The van der Waals surface area contributed by atoms with Gasteiger partial charge in [0.15, 0.2) is 3.95 Å². The Kier molecular flexibility index (Phi) is 6.78. The van der Waals surface area contributed by atoms with Gasteiger partial charge in [0.05, 0.1) is 18.5 Å². The summed E-state index contributed by atoms with van der Waals surface area (Å²) in [5, 5.41) is 13.1. The van der Waals surface area contributed by atoms with Gasteiger partial charge in [-0.1, -0.05) is 78.1 Å². The van der Waals surface area contributed by atoms with Crippen molar-refractivity contribution < 1.29 is 14.6 Å². The number of benzene rings is 3. The zero-order valence-electron chi connectivity index (χ0n) is 17.5. The van der Waals surface area contributed by atoms with Crippen LogP contribution in [0, 0.1) is 3.95 Å². The fourth-order valence-corrected chi connectivity index (χ4v) is 4.84. The molecule has 0 aliphatic carbocycles. The summed E-state index contributed by atoms with van der Waals surface area (Å²) < 4.78 is 7.13. The third-order valence-electron chi connectivity index (χ3n) is 5.07. The minimum Gasteiger partial charge on any atom is -0.493 e. The van der Waals surface area contributed by atoms with E-state index in [0.717, 1.165) is 22.0 Å². The summed E-state index contributed by atoms with van der Waals surface area (Å²) in [5.41, 5.74) is 1.74. The first kappa shape index (κ1) is 21.9. The van der Waals surface area contributed by atoms with Crippen molar-refractivity contribution in [1.82, 2.24) is 4.57 Å². The first-order valence-corrected chi connectivity index (χ1v) is 11.5. The van der Waals surface area contributed by atoms with Crippen molar-refractivity contribution in [3.8, 4) is 5.88 Å². The van der Waals surface area contributed by atoms with E-state index in [1.165, 1.54) is 15.9 Å². The van der Waals surface area contributed by atoms with Crippen LogP contribution in [0.4, 0.5) is 5.69 Å². The number of rotatable bonds is 7. The molecule has 1 aromatic heterocycles. The summed E-state index contributed by atoms with van der Waals surface area (Å²) in [4.78, 5) is 17.8. The highest BCUT2D eigenvalue weighted by Gasteiger charge is 2.27. The van der Waals surface area contributed by atoms with E-state index < -0.39 is 12.0 Å². The van der Waals surface area contributed by atoms with Crippen molar-refractivity contribution in [3.05, 3.63) is 87.2 Å². The Morgan fingerprint density at radius 1 is 1.12 bits per heavy atom. The molecule has 7 heteroatoms. The topological polar surface area (TPSA) is 63.8 Å². The Morgan fingerprint density at radius 3 is 2.62 bits per heavy atom. The second-order valence-corrected chi connectivity index (χ2v) is 8.82. The molecule has 0 saturated carbocycles. The van der Waals surface area contributed by atoms with Crippen molar-refractivity contribution in [2.75, 3.05) is 6.61 Å².